The largest absolute Gasteiger partial charge is 0.497 e. The smallest absolute Gasteiger partial charge is 0.257 e. The fourth-order valence-corrected chi connectivity index (χ4v) is 3.29. The molecule has 0 radical (unpaired) electrons. The van der Waals surface area contributed by atoms with Crippen molar-refractivity contribution in [3.63, 3.8) is 0 Å². The van der Waals surface area contributed by atoms with Crippen molar-refractivity contribution in [2.45, 2.75) is 32.9 Å². The Morgan fingerprint density at radius 3 is 2.69 bits per heavy atom. The summed E-state index contributed by atoms with van der Waals surface area (Å²) in [4.78, 5) is 14.6. The molecule has 3 rings (SSSR count). The van der Waals surface area contributed by atoms with Crippen LogP contribution in [0.3, 0.4) is 0 Å². The Kier molecular flexibility index (Phi) is 5.28. The first-order valence-corrected chi connectivity index (χ1v) is 8.74. The highest BCUT2D eigenvalue weighted by Gasteiger charge is 2.32. The number of hydrogen-bond acceptors (Lipinski definition) is 3. The Labute approximate surface area is 153 Å². The lowest BCUT2D eigenvalue weighted by atomic mass is 9.98. The van der Waals surface area contributed by atoms with Crippen LogP contribution in [0.1, 0.15) is 40.1 Å². The number of morpholine rings is 1. The first-order valence-electron chi connectivity index (χ1n) is 8.74. The van der Waals surface area contributed by atoms with Crippen molar-refractivity contribution < 1.29 is 18.7 Å². The molecule has 0 N–H and O–H groups in total. The number of hydrogen-bond donors (Lipinski definition) is 0. The fraction of sp³-hybridized carbons (Fsp3) is 0.381. The molecule has 1 saturated heterocycles. The summed E-state index contributed by atoms with van der Waals surface area (Å²) < 4.78 is 25.3. The van der Waals surface area contributed by atoms with E-state index in [9.17, 15) is 9.18 Å². The number of rotatable bonds is 3. The number of aryl methyl sites for hydroxylation is 2. The number of ether oxygens (including phenoxy) is 2. The Balaban J connectivity index is 1.86. The van der Waals surface area contributed by atoms with Gasteiger partial charge in [0, 0.05) is 6.07 Å². The van der Waals surface area contributed by atoms with Gasteiger partial charge in [0.05, 0.1) is 31.9 Å². The Morgan fingerprint density at radius 2 is 2.00 bits per heavy atom. The standard InChI is InChI=1S/C21H24FNO3/c1-13-5-6-14(2)18(9-13)20-11-23(15(3)12-26-20)21(24)17-8-7-16(25-4)10-19(17)22/h5-10,15,20H,11-12H2,1-4H3/t15-,20+/m1/s1. The molecule has 26 heavy (non-hydrogen) atoms. The van der Waals surface area contributed by atoms with E-state index in [2.05, 4.69) is 18.2 Å². The second kappa shape index (κ2) is 7.46. The van der Waals surface area contributed by atoms with Gasteiger partial charge in [-0.3, -0.25) is 4.79 Å². The number of nitrogens with zero attached hydrogens (tertiary/aromatic N) is 1. The second-order valence-corrected chi connectivity index (χ2v) is 6.83. The highest BCUT2D eigenvalue weighted by Crippen LogP contribution is 2.29. The predicted octanol–water partition coefficient (Wildman–Crippen LogP) is 4.05. The molecule has 1 heterocycles. The first kappa shape index (κ1) is 18.4. The van der Waals surface area contributed by atoms with Crippen LogP contribution in [0.2, 0.25) is 0 Å². The van der Waals surface area contributed by atoms with Gasteiger partial charge in [-0.2, -0.15) is 0 Å². The number of carbonyl (C=O) groups is 1. The molecule has 1 fully saturated rings. The van der Waals surface area contributed by atoms with Gasteiger partial charge in [0.2, 0.25) is 0 Å². The average molecular weight is 357 g/mol. The van der Waals surface area contributed by atoms with Crippen molar-refractivity contribution in [3.05, 3.63) is 64.5 Å². The highest BCUT2D eigenvalue weighted by molar-refractivity contribution is 5.95. The third kappa shape index (κ3) is 3.58. The zero-order chi connectivity index (χ0) is 18.8. The molecule has 0 unspecified atom stereocenters. The zero-order valence-electron chi connectivity index (χ0n) is 15.6. The van der Waals surface area contributed by atoms with Crippen LogP contribution in [0.4, 0.5) is 4.39 Å². The van der Waals surface area contributed by atoms with Crippen LogP contribution < -0.4 is 4.74 Å². The molecule has 2 aromatic rings. The molecular weight excluding hydrogens is 333 g/mol. The average Bonchev–Trinajstić information content (AvgIpc) is 2.63. The molecule has 1 aliphatic heterocycles. The van der Waals surface area contributed by atoms with Gasteiger partial charge in [0.25, 0.3) is 5.91 Å². The summed E-state index contributed by atoms with van der Waals surface area (Å²) in [6.07, 6.45) is -0.212. The van der Waals surface area contributed by atoms with Crippen molar-refractivity contribution in [2.75, 3.05) is 20.3 Å². The van der Waals surface area contributed by atoms with Crippen LogP contribution in [0.15, 0.2) is 36.4 Å². The number of halogens is 1. The Bertz CT molecular complexity index is 821. The Hall–Kier alpha value is -2.40. The maximum absolute atomic E-state index is 14.3. The van der Waals surface area contributed by atoms with E-state index in [1.807, 2.05) is 20.8 Å². The summed E-state index contributed by atoms with van der Waals surface area (Å²) in [5.74, 6) is -0.505. The van der Waals surface area contributed by atoms with Gasteiger partial charge in [-0.25, -0.2) is 4.39 Å². The summed E-state index contributed by atoms with van der Waals surface area (Å²) >= 11 is 0. The maximum atomic E-state index is 14.3. The summed E-state index contributed by atoms with van der Waals surface area (Å²) in [6, 6.07) is 10.4. The molecule has 0 saturated carbocycles. The summed E-state index contributed by atoms with van der Waals surface area (Å²) in [5, 5.41) is 0. The molecule has 0 aliphatic carbocycles. The van der Waals surface area contributed by atoms with E-state index in [0.717, 1.165) is 16.7 Å². The van der Waals surface area contributed by atoms with Crippen molar-refractivity contribution in [1.29, 1.82) is 0 Å². The quantitative estimate of drug-likeness (QED) is 0.832. The lowest BCUT2D eigenvalue weighted by Crippen LogP contribution is -2.48. The SMILES string of the molecule is COc1ccc(C(=O)N2C[C@@H](c3cc(C)ccc3C)OC[C@H]2C)c(F)c1. The number of methoxy groups -OCH3 is 1. The van der Waals surface area contributed by atoms with Crippen LogP contribution in [-0.2, 0) is 4.74 Å². The molecule has 2 aromatic carbocycles. The number of carbonyl (C=O) groups excluding carboxylic acids is 1. The Morgan fingerprint density at radius 1 is 1.23 bits per heavy atom. The van der Waals surface area contributed by atoms with E-state index >= 15 is 0 Å². The monoisotopic (exact) mass is 357 g/mol. The van der Waals surface area contributed by atoms with E-state index in [0.29, 0.717) is 18.9 Å². The molecule has 138 valence electrons. The first-order chi connectivity index (χ1) is 12.4. The van der Waals surface area contributed by atoms with E-state index in [1.54, 1.807) is 11.0 Å². The van der Waals surface area contributed by atoms with E-state index < -0.39 is 5.82 Å². The van der Waals surface area contributed by atoms with E-state index in [4.69, 9.17) is 9.47 Å². The predicted molar refractivity (Wildman–Crippen MR) is 98.1 cm³/mol. The normalized spacial score (nSPS) is 20.1. The minimum absolute atomic E-state index is 0.0549. The van der Waals surface area contributed by atoms with Crippen LogP contribution in [0.25, 0.3) is 0 Å². The van der Waals surface area contributed by atoms with Gasteiger partial charge in [0.1, 0.15) is 17.7 Å². The van der Waals surface area contributed by atoms with Crippen LogP contribution in [0.5, 0.6) is 5.75 Å². The molecule has 0 bridgehead atoms. The van der Waals surface area contributed by atoms with Gasteiger partial charge < -0.3 is 14.4 Å². The maximum Gasteiger partial charge on any atom is 0.257 e. The molecule has 1 amide bonds. The molecule has 1 aliphatic rings. The minimum Gasteiger partial charge on any atom is -0.497 e. The summed E-state index contributed by atoms with van der Waals surface area (Å²) in [5.41, 5.74) is 3.40. The minimum atomic E-state index is -0.573. The zero-order valence-corrected chi connectivity index (χ0v) is 15.6. The van der Waals surface area contributed by atoms with E-state index in [-0.39, 0.29) is 23.6 Å². The van der Waals surface area contributed by atoms with Crippen LogP contribution in [0, 0.1) is 19.7 Å². The molecular formula is C21H24FNO3. The second-order valence-electron chi connectivity index (χ2n) is 6.83. The summed E-state index contributed by atoms with van der Waals surface area (Å²) in [6.45, 7) is 6.80. The summed E-state index contributed by atoms with van der Waals surface area (Å²) in [7, 11) is 1.47. The van der Waals surface area contributed by atoms with E-state index in [1.165, 1.54) is 19.2 Å². The molecule has 2 atom stereocenters. The van der Waals surface area contributed by atoms with Crippen molar-refractivity contribution in [3.8, 4) is 5.75 Å². The van der Waals surface area contributed by atoms with Crippen LogP contribution in [-0.4, -0.2) is 37.1 Å². The molecule has 0 spiro atoms. The van der Waals surface area contributed by atoms with Crippen molar-refractivity contribution >= 4 is 5.91 Å². The lowest BCUT2D eigenvalue weighted by molar-refractivity contribution is -0.0490. The lowest BCUT2D eigenvalue weighted by Gasteiger charge is -2.38. The van der Waals surface area contributed by atoms with Gasteiger partial charge in [-0.05, 0) is 44.0 Å². The fourth-order valence-electron chi connectivity index (χ4n) is 3.29. The number of amides is 1. The van der Waals surface area contributed by atoms with Crippen LogP contribution >= 0.6 is 0 Å². The molecule has 0 aromatic heterocycles. The topological polar surface area (TPSA) is 38.8 Å². The number of benzene rings is 2. The van der Waals surface area contributed by atoms with Gasteiger partial charge in [-0.1, -0.05) is 23.8 Å². The van der Waals surface area contributed by atoms with Gasteiger partial charge in [0.15, 0.2) is 0 Å². The highest BCUT2D eigenvalue weighted by atomic mass is 19.1. The van der Waals surface area contributed by atoms with Crippen molar-refractivity contribution in [1.82, 2.24) is 4.90 Å². The van der Waals surface area contributed by atoms with Gasteiger partial charge >= 0.3 is 0 Å². The molecule has 4 nitrogen and oxygen atoms in total. The van der Waals surface area contributed by atoms with Crippen molar-refractivity contribution in [2.24, 2.45) is 0 Å². The van der Waals surface area contributed by atoms with Gasteiger partial charge in [-0.15, -0.1) is 0 Å². The third-order valence-corrected chi connectivity index (χ3v) is 4.88. The third-order valence-electron chi connectivity index (χ3n) is 4.88. The molecule has 5 heteroatoms.